The molecule has 122 valence electrons. The topological polar surface area (TPSA) is 113 Å². The second-order valence-electron chi connectivity index (χ2n) is 5.85. The Kier molecular flexibility index (Phi) is 3.46. The van der Waals surface area contributed by atoms with E-state index in [1.165, 1.54) is 12.1 Å². The number of ether oxygens (including phenoxy) is 1. The fraction of sp³-hybridized carbons (Fsp3) is 0.467. The number of nitro groups is 1. The van der Waals surface area contributed by atoms with E-state index in [1.54, 1.807) is 6.07 Å². The fourth-order valence-electron chi connectivity index (χ4n) is 3.77. The summed E-state index contributed by atoms with van der Waals surface area (Å²) in [6.45, 7) is 0.585. The van der Waals surface area contributed by atoms with E-state index in [1.807, 2.05) is 4.90 Å². The number of nitrogens with zero attached hydrogens (tertiary/aromatic N) is 2. The summed E-state index contributed by atoms with van der Waals surface area (Å²) < 4.78 is 4.73. The summed E-state index contributed by atoms with van der Waals surface area (Å²) in [4.78, 5) is 36.4. The summed E-state index contributed by atoms with van der Waals surface area (Å²) in [6, 6.07) is 3.76. The highest BCUT2D eigenvalue weighted by atomic mass is 16.6. The van der Waals surface area contributed by atoms with Gasteiger partial charge in [-0.15, -0.1) is 0 Å². The van der Waals surface area contributed by atoms with Gasteiger partial charge in [0, 0.05) is 24.4 Å². The predicted molar refractivity (Wildman–Crippen MR) is 76.6 cm³/mol. The molecule has 1 aromatic rings. The standard InChI is InChI=1S/C15H16N2O6/c1-23-14(20)15(13(18)19)8-9-7-10(17(21)22)4-5-11(9)16-6-2-3-12(15)16/h4-5,7,12H,2-3,6,8H2,1H3,(H,18,19)/p-1/t12-,15-/m1/s1. The minimum Gasteiger partial charge on any atom is -0.549 e. The fourth-order valence-corrected chi connectivity index (χ4v) is 3.77. The molecule has 1 fully saturated rings. The van der Waals surface area contributed by atoms with Crippen LogP contribution in [-0.2, 0) is 20.7 Å². The molecule has 0 radical (unpaired) electrons. The second-order valence-corrected chi connectivity index (χ2v) is 5.85. The van der Waals surface area contributed by atoms with Gasteiger partial charge in [-0.05, 0) is 30.9 Å². The van der Waals surface area contributed by atoms with Gasteiger partial charge < -0.3 is 19.5 Å². The Morgan fingerprint density at radius 2 is 2.17 bits per heavy atom. The first-order chi connectivity index (χ1) is 10.9. The lowest BCUT2D eigenvalue weighted by Crippen LogP contribution is -2.62. The van der Waals surface area contributed by atoms with E-state index in [2.05, 4.69) is 0 Å². The molecule has 0 unspecified atom stereocenters. The van der Waals surface area contributed by atoms with Crippen molar-refractivity contribution in [1.29, 1.82) is 0 Å². The molecular weight excluding hydrogens is 304 g/mol. The van der Waals surface area contributed by atoms with E-state index in [0.29, 0.717) is 18.5 Å². The first kappa shape index (κ1) is 15.3. The lowest BCUT2D eigenvalue weighted by atomic mass is 9.71. The number of rotatable bonds is 3. The molecule has 8 heteroatoms. The number of benzene rings is 1. The monoisotopic (exact) mass is 319 g/mol. The zero-order valence-electron chi connectivity index (χ0n) is 12.5. The summed E-state index contributed by atoms with van der Waals surface area (Å²) in [5.74, 6) is -2.37. The predicted octanol–water partition coefficient (Wildman–Crippen LogP) is 0.0290. The molecule has 1 aromatic carbocycles. The van der Waals surface area contributed by atoms with Crippen LogP contribution in [0.3, 0.4) is 0 Å². The summed E-state index contributed by atoms with van der Waals surface area (Å²) in [7, 11) is 1.13. The zero-order chi connectivity index (χ0) is 16.8. The highest BCUT2D eigenvalue weighted by molar-refractivity contribution is 6.01. The van der Waals surface area contributed by atoms with Crippen molar-refractivity contribution in [3.63, 3.8) is 0 Å². The van der Waals surface area contributed by atoms with Crippen LogP contribution >= 0.6 is 0 Å². The van der Waals surface area contributed by atoms with E-state index < -0.39 is 28.3 Å². The summed E-state index contributed by atoms with van der Waals surface area (Å²) in [5, 5.41) is 22.8. The van der Waals surface area contributed by atoms with Gasteiger partial charge in [-0.2, -0.15) is 0 Å². The van der Waals surface area contributed by atoms with Gasteiger partial charge in [-0.1, -0.05) is 0 Å². The van der Waals surface area contributed by atoms with Crippen molar-refractivity contribution in [3.8, 4) is 0 Å². The van der Waals surface area contributed by atoms with Crippen LogP contribution in [0.1, 0.15) is 18.4 Å². The lowest BCUT2D eigenvalue weighted by molar-refractivity contribution is -0.385. The number of esters is 1. The van der Waals surface area contributed by atoms with Crippen molar-refractivity contribution < 1.29 is 24.4 Å². The minimum atomic E-state index is -1.84. The van der Waals surface area contributed by atoms with Crippen molar-refractivity contribution >= 4 is 23.3 Å². The smallest absolute Gasteiger partial charge is 0.320 e. The third-order valence-electron chi connectivity index (χ3n) is 4.79. The molecule has 0 aromatic heterocycles. The number of nitro benzene ring substituents is 1. The van der Waals surface area contributed by atoms with E-state index in [0.717, 1.165) is 19.2 Å². The number of methoxy groups -OCH3 is 1. The number of carboxylic acids is 1. The van der Waals surface area contributed by atoms with Gasteiger partial charge >= 0.3 is 5.97 Å². The van der Waals surface area contributed by atoms with Crippen molar-refractivity contribution in [2.24, 2.45) is 5.41 Å². The Hall–Kier alpha value is -2.64. The largest absolute Gasteiger partial charge is 0.549 e. The van der Waals surface area contributed by atoms with E-state index in [4.69, 9.17) is 4.74 Å². The van der Waals surface area contributed by atoms with Crippen LogP contribution in [-0.4, -0.2) is 36.6 Å². The number of hydrogen-bond acceptors (Lipinski definition) is 7. The van der Waals surface area contributed by atoms with Crippen LogP contribution in [0.25, 0.3) is 0 Å². The average Bonchev–Trinajstić information content (AvgIpc) is 3.02. The molecule has 2 aliphatic rings. The van der Waals surface area contributed by atoms with Gasteiger partial charge in [0.05, 0.1) is 24.0 Å². The zero-order valence-corrected chi connectivity index (χ0v) is 12.5. The van der Waals surface area contributed by atoms with E-state index in [9.17, 15) is 24.8 Å². The van der Waals surface area contributed by atoms with E-state index >= 15 is 0 Å². The third kappa shape index (κ3) is 2.05. The van der Waals surface area contributed by atoms with Gasteiger partial charge in [0.1, 0.15) is 5.41 Å². The molecule has 0 saturated carbocycles. The van der Waals surface area contributed by atoms with Crippen LogP contribution < -0.4 is 10.0 Å². The number of fused-ring (bicyclic) bond motifs is 3. The molecule has 0 bridgehead atoms. The highest BCUT2D eigenvalue weighted by Gasteiger charge is 2.55. The average molecular weight is 319 g/mol. The van der Waals surface area contributed by atoms with Crippen LogP contribution in [0.5, 0.6) is 0 Å². The molecule has 0 spiro atoms. The van der Waals surface area contributed by atoms with Crippen LogP contribution in [0.15, 0.2) is 18.2 Å². The maximum Gasteiger partial charge on any atom is 0.320 e. The van der Waals surface area contributed by atoms with Crippen LogP contribution in [0.2, 0.25) is 0 Å². The van der Waals surface area contributed by atoms with Crippen molar-refractivity contribution in [3.05, 3.63) is 33.9 Å². The first-order valence-corrected chi connectivity index (χ1v) is 7.25. The quantitative estimate of drug-likeness (QED) is 0.334. The normalized spacial score (nSPS) is 25.4. The minimum absolute atomic E-state index is 0.140. The molecule has 3 rings (SSSR count). The Labute approximate surface area is 131 Å². The molecule has 23 heavy (non-hydrogen) atoms. The summed E-state index contributed by atoms with van der Waals surface area (Å²) >= 11 is 0. The molecular formula is C15H15N2O6-. The number of non-ortho nitro benzene ring substituents is 1. The SMILES string of the molecule is COC(=O)[C@]1(C(=O)[O-])Cc2cc([N+](=O)[O-])ccc2N2CCC[C@@H]21. The van der Waals surface area contributed by atoms with Gasteiger partial charge in [0.25, 0.3) is 5.69 Å². The Morgan fingerprint density at radius 1 is 1.43 bits per heavy atom. The lowest BCUT2D eigenvalue weighted by Gasteiger charge is -2.46. The van der Waals surface area contributed by atoms with Gasteiger partial charge in [0.2, 0.25) is 0 Å². The number of hydrogen-bond donors (Lipinski definition) is 0. The molecule has 2 aliphatic heterocycles. The molecule has 8 nitrogen and oxygen atoms in total. The summed E-state index contributed by atoms with van der Waals surface area (Å²) in [5.41, 5.74) is -0.794. The van der Waals surface area contributed by atoms with Crippen LogP contribution in [0, 0.1) is 15.5 Å². The van der Waals surface area contributed by atoms with E-state index in [-0.39, 0.29) is 12.1 Å². The maximum atomic E-state index is 12.3. The first-order valence-electron chi connectivity index (χ1n) is 7.25. The molecule has 0 amide bonds. The Bertz CT molecular complexity index is 703. The molecule has 0 aliphatic carbocycles. The molecule has 0 N–H and O–H groups in total. The van der Waals surface area contributed by atoms with Crippen molar-refractivity contribution in [2.45, 2.75) is 25.3 Å². The number of anilines is 1. The third-order valence-corrected chi connectivity index (χ3v) is 4.79. The van der Waals surface area contributed by atoms with Gasteiger partial charge in [-0.3, -0.25) is 14.9 Å². The Balaban J connectivity index is 2.18. The van der Waals surface area contributed by atoms with Crippen molar-refractivity contribution in [2.75, 3.05) is 18.6 Å². The van der Waals surface area contributed by atoms with Crippen LogP contribution in [0.4, 0.5) is 11.4 Å². The highest BCUT2D eigenvalue weighted by Crippen LogP contribution is 2.47. The number of carbonyl (C=O) groups is 2. The molecule has 2 heterocycles. The summed E-state index contributed by atoms with van der Waals surface area (Å²) in [6.07, 6.45) is 1.09. The van der Waals surface area contributed by atoms with Gasteiger partial charge in [0.15, 0.2) is 0 Å². The van der Waals surface area contributed by atoms with Gasteiger partial charge in [-0.25, -0.2) is 0 Å². The van der Waals surface area contributed by atoms with Crippen molar-refractivity contribution in [1.82, 2.24) is 0 Å². The maximum absolute atomic E-state index is 12.3. The number of carbonyl (C=O) groups excluding carboxylic acids is 2. The number of carboxylic acid groups (broad SMARTS) is 1. The molecule has 2 atom stereocenters. The Morgan fingerprint density at radius 3 is 2.78 bits per heavy atom. The second kappa shape index (κ2) is 5.22. The molecule has 1 saturated heterocycles. The number of aliphatic carboxylic acids is 1.